The number of thiocarbonyl (C=S) groups is 1. The molecule has 4 aromatic rings. The van der Waals surface area contributed by atoms with E-state index in [0.29, 0.717) is 28.7 Å². The van der Waals surface area contributed by atoms with Crippen molar-refractivity contribution in [2.75, 3.05) is 0 Å². The first-order valence-electron chi connectivity index (χ1n) is 10.3. The minimum Gasteiger partial charge on any atom is -0.459 e. The van der Waals surface area contributed by atoms with Gasteiger partial charge in [0, 0.05) is 31.2 Å². The summed E-state index contributed by atoms with van der Waals surface area (Å²) in [6.07, 6.45) is 5.26. The van der Waals surface area contributed by atoms with Gasteiger partial charge in [-0.3, -0.25) is 20.1 Å². The lowest BCUT2D eigenvalue weighted by Crippen LogP contribution is -2.29. The number of nitro benzene ring substituents is 1. The predicted octanol–water partition coefficient (Wildman–Crippen LogP) is 4.82. The Morgan fingerprint density at radius 1 is 1.06 bits per heavy atom. The number of para-hydroxylation sites is 1. The first-order valence-corrected chi connectivity index (χ1v) is 10.7. The molecule has 0 aliphatic carbocycles. The van der Waals surface area contributed by atoms with Gasteiger partial charge in [0.05, 0.1) is 22.2 Å². The fourth-order valence-corrected chi connectivity index (χ4v) is 4.38. The highest BCUT2D eigenvalue weighted by Gasteiger charge is 2.41. The number of rotatable bonds is 6. The molecule has 1 fully saturated rings. The van der Waals surface area contributed by atoms with Gasteiger partial charge in [-0.25, -0.2) is 0 Å². The predicted molar refractivity (Wildman–Crippen MR) is 126 cm³/mol. The topological polar surface area (TPSA) is 97.3 Å². The minimum absolute atomic E-state index is 0.00744. The van der Waals surface area contributed by atoms with Crippen LogP contribution in [0.5, 0.6) is 0 Å². The SMILES string of the molecule is O=[N+]([O-])c1ccccc1-c1ccc([C@@H]2[C@H](c3ccccn3)NC(=S)N2Cc2cccnc2)o1. The van der Waals surface area contributed by atoms with E-state index in [4.69, 9.17) is 16.6 Å². The third-order valence-electron chi connectivity index (χ3n) is 5.56. The molecule has 0 radical (unpaired) electrons. The Bertz CT molecular complexity index is 1300. The maximum absolute atomic E-state index is 11.5. The number of hydrogen-bond acceptors (Lipinski definition) is 6. The first-order chi connectivity index (χ1) is 16.1. The van der Waals surface area contributed by atoms with Gasteiger partial charge >= 0.3 is 0 Å². The Kier molecular flexibility index (Phi) is 5.54. The van der Waals surface area contributed by atoms with E-state index >= 15 is 0 Å². The highest BCUT2D eigenvalue weighted by atomic mass is 32.1. The summed E-state index contributed by atoms with van der Waals surface area (Å²) >= 11 is 5.68. The zero-order chi connectivity index (χ0) is 22.8. The molecule has 5 rings (SSSR count). The van der Waals surface area contributed by atoms with E-state index in [1.807, 2.05) is 41.3 Å². The number of aromatic nitrogens is 2. The Hall–Kier alpha value is -4.11. The van der Waals surface area contributed by atoms with E-state index in [-0.39, 0.29) is 17.8 Å². The van der Waals surface area contributed by atoms with Crippen LogP contribution in [0.4, 0.5) is 5.69 Å². The first kappa shape index (κ1) is 20.8. The minimum atomic E-state index is -0.408. The van der Waals surface area contributed by atoms with Crippen molar-refractivity contribution in [1.82, 2.24) is 20.2 Å². The van der Waals surface area contributed by atoms with E-state index in [1.165, 1.54) is 6.07 Å². The quantitative estimate of drug-likeness (QED) is 0.250. The van der Waals surface area contributed by atoms with Crippen molar-refractivity contribution < 1.29 is 9.34 Å². The lowest BCUT2D eigenvalue weighted by atomic mass is 10.0. The van der Waals surface area contributed by atoms with E-state index in [2.05, 4.69) is 15.3 Å². The molecule has 3 aromatic heterocycles. The van der Waals surface area contributed by atoms with Crippen molar-refractivity contribution in [3.63, 3.8) is 0 Å². The number of nitrogens with zero attached hydrogens (tertiary/aromatic N) is 4. The van der Waals surface area contributed by atoms with Crippen LogP contribution >= 0.6 is 12.2 Å². The van der Waals surface area contributed by atoms with Gasteiger partial charge in [-0.1, -0.05) is 24.3 Å². The third-order valence-corrected chi connectivity index (χ3v) is 5.91. The van der Waals surface area contributed by atoms with Gasteiger partial charge in [0.1, 0.15) is 17.6 Å². The smallest absolute Gasteiger partial charge is 0.280 e. The summed E-state index contributed by atoms with van der Waals surface area (Å²) in [5.41, 5.74) is 2.24. The van der Waals surface area contributed by atoms with Crippen LogP contribution in [0.25, 0.3) is 11.3 Å². The van der Waals surface area contributed by atoms with Crippen molar-refractivity contribution in [3.8, 4) is 11.3 Å². The summed E-state index contributed by atoms with van der Waals surface area (Å²) in [6.45, 7) is 0.523. The zero-order valence-corrected chi connectivity index (χ0v) is 18.2. The Morgan fingerprint density at radius 2 is 1.91 bits per heavy atom. The summed E-state index contributed by atoms with van der Waals surface area (Å²) < 4.78 is 6.22. The number of nitro groups is 1. The standard InChI is InChI=1S/C24H19N5O3S/c30-29(31)19-9-2-1-7-17(19)20-10-11-21(32-20)23-22(18-8-3-4-13-26-18)27-24(33)28(23)15-16-6-5-12-25-14-16/h1-14,22-23H,15H2,(H,27,33)/t22-,23+/m0/s1. The number of pyridine rings is 2. The van der Waals surface area contributed by atoms with Gasteiger partial charge < -0.3 is 14.6 Å². The molecular weight excluding hydrogens is 438 g/mol. The van der Waals surface area contributed by atoms with Crippen LogP contribution in [0.2, 0.25) is 0 Å². The normalized spacial score (nSPS) is 17.7. The molecule has 0 saturated carbocycles. The molecule has 4 heterocycles. The second kappa shape index (κ2) is 8.79. The zero-order valence-electron chi connectivity index (χ0n) is 17.4. The van der Waals surface area contributed by atoms with Crippen LogP contribution < -0.4 is 5.32 Å². The van der Waals surface area contributed by atoms with E-state index in [1.54, 1.807) is 42.9 Å². The average molecular weight is 458 g/mol. The van der Waals surface area contributed by atoms with Crippen LogP contribution in [-0.2, 0) is 6.54 Å². The fourth-order valence-electron chi connectivity index (χ4n) is 4.07. The summed E-state index contributed by atoms with van der Waals surface area (Å²) in [4.78, 5) is 21.9. The molecule has 1 aliphatic heterocycles. The molecule has 0 unspecified atom stereocenters. The van der Waals surface area contributed by atoms with Crippen molar-refractivity contribution >= 4 is 23.0 Å². The number of benzene rings is 1. The van der Waals surface area contributed by atoms with Crippen molar-refractivity contribution in [1.29, 1.82) is 0 Å². The lowest BCUT2D eigenvalue weighted by molar-refractivity contribution is -0.384. The molecule has 8 nitrogen and oxygen atoms in total. The Morgan fingerprint density at radius 3 is 2.67 bits per heavy atom. The maximum atomic E-state index is 11.5. The highest BCUT2D eigenvalue weighted by molar-refractivity contribution is 7.80. The molecular formula is C24H19N5O3S. The van der Waals surface area contributed by atoms with Gasteiger partial charge in [0.2, 0.25) is 0 Å². The third kappa shape index (κ3) is 4.06. The molecule has 2 atom stereocenters. The summed E-state index contributed by atoms with van der Waals surface area (Å²) in [5.74, 6) is 1.06. The van der Waals surface area contributed by atoms with Crippen LogP contribution in [-0.4, -0.2) is 24.9 Å². The van der Waals surface area contributed by atoms with Crippen molar-refractivity contribution in [2.45, 2.75) is 18.6 Å². The van der Waals surface area contributed by atoms with Gasteiger partial charge in [0.25, 0.3) is 5.69 Å². The molecule has 1 aromatic carbocycles. The molecule has 1 saturated heterocycles. The Labute approximate surface area is 195 Å². The number of hydrogen-bond donors (Lipinski definition) is 1. The van der Waals surface area contributed by atoms with Crippen LogP contribution in [0.1, 0.15) is 29.1 Å². The van der Waals surface area contributed by atoms with Crippen LogP contribution in [0.3, 0.4) is 0 Å². The molecule has 1 aliphatic rings. The molecule has 9 heteroatoms. The number of nitrogens with one attached hydrogen (secondary N) is 1. The molecule has 0 amide bonds. The van der Waals surface area contributed by atoms with Crippen LogP contribution in [0, 0.1) is 10.1 Å². The summed E-state index contributed by atoms with van der Waals surface area (Å²) in [5, 5.41) is 15.5. The Balaban J connectivity index is 1.56. The van der Waals surface area contributed by atoms with E-state index < -0.39 is 4.92 Å². The average Bonchev–Trinajstić information content (AvgIpc) is 3.45. The lowest BCUT2D eigenvalue weighted by Gasteiger charge is -2.26. The highest BCUT2D eigenvalue weighted by Crippen LogP contribution is 2.42. The van der Waals surface area contributed by atoms with Gasteiger partial charge in [-0.05, 0) is 54.2 Å². The monoisotopic (exact) mass is 457 g/mol. The number of furan rings is 1. The molecule has 1 N–H and O–H groups in total. The molecule has 0 bridgehead atoms. The largest absolute Gasteiger partial charge is 0.459 e. The fraction of sp³-hybridized carbons (Fsp3) is 0.125. The van der Waals surface area contributed by atoms with Crippen molar-refractivity contribution in [3.05, 3.63) is 112 Å². The molecule has 164 valence electrons. The van der Waals surface area contributed by atoms with Gasteiger partial charge in [-0.15, -0.1) is 0 Å². The van der Waals surface area contributed by atoms with E-state index in [0.717, 1.165) is 11.3 Å². The summed E-state index contributed by atoms with van der Waals surface area (Å²) in [6, 6.07) is 19.2. The van der Waals surface area contributed by atoms with Crippen LogP contribution in [0.15, 0.2) is 89.7 Å². The van der Waals surface area contributed by atoms with Crippen molar-refractivity contribution in [2.24, 2.45) is 0 Å². The molecule has 33 heavy (non-hydrogen) atoms. The second-order valence-electron chi connectivity index (χ2n) is 7.59. The summed E-state index contributed by atoms with van der Waals surface area (Å²) in [7, 11) is 0. The molecule has 0 spiro atoms. The van der Waals surface area contributed by atoms with Gasteiger partial charge in [0.15, 0.2) is 5.11 Å². The maximum Gasteiger partial charge on any atom is 0.280 e. The van der Waals surface area contributed by atoms with Gasteiger partial charge in [-0.2, -0.15) is 0 Å². The van der Waals surface area contributed by atoms with E-state index in [9.17, 15) is 10.1 Å². The second-order valence-corrected chi connectivity index (χ2v) is 7.98.